The Balaban J connectivity index is 1.90. The normalized spacial score (nSPS) is 17.2. The lowest BCUT2D eigenvalue weighted by Crippen LogP contribution is -2.48. The number of carboxylic acid groups (broad SMARTS) is 1. The van der Waals surface area contributed by atoms with Gasteiger partial charge in [0.1, 0.15) is 18.2 Å². The van der Waals surface area contributed by atoms with Crippen molar-refractivity contribution < 1.29 is 33.5 Å². The van der Waals surface area contributed by atoms with E-state index in [-0.39, 0.29) is 36.6 Å². The molecule has 0 aromatic heterocycles. The molecule has 1 unspecified atom stereocenters. The van der Waals surface area contributed by atoms with Crippen LogP contribution in [-0.2, 0) is 16.1 Å². The predicted molar refractivity (Wildman–Crippen MR) is 143 cm³/mol. The van der Waals surface area contributed by atoms with Crippen LogP contribution < -0.4 is 21.1 Å². The fraction of sp³-hybridized carbons (Fsp3) is 0.407. The fourth-order valence-corrected chi connectivity index (χ4v) is 4.37. The summed E-state index contributed by atoms with van der Waals surface area (Å²) in [5, 5.41) is 19.2. The number of methoxy groups -OCH3 is 1. The van der Waals surface area contributed by atoms with E-state index in [1.54, 1.807) is 13.0 Å². The number of rotatable bonds is 10. The molecule has 0 radical (unpaired) electrons. The highest BCUT2D eigenvalue weighted by Gasteiger charge is 2.35. The Bertz CT molecular complexity index is 1240. The average molecular weight is 544 g/mol. The third kappa shape index (κ3) is 7.37. The third-order valence-electron chi connectivity index (χ3n) is 6.32. The number of carbonyl (C=O) groups is 3. The number of oxime groups is 1. The second-order valence-electron chi connectivity index (χ2n) is 9.06. The van der Waals surface area contributed by atoms with Crippen LogP contribution in [0.4, 0.5) is 14.9 Å². The lowest BCUT2D eigenvalue weighted by molar-refractivity contribution is -0.131. The van der Waals surface area contributed by atoms with Gasteiger partial charge in [0.25, 0.3) is 0 Å². The molecule has 3 amide bonds. The number of carboxylic acids is 1. The van der Waals surface area contributed by atoms with Crippen molar-refractivity contribution in [2.24, 2.45) is 11.1 Å². The van der Waals surface area contributed by atoms with Crippen LogP contribution in [0.25, 0.3) is 0 Å². The number of nitrogens with zero attached hydrogens (tertiary/aromatic N) is 2. The molecule has 1 fully saturated rings. The zero-order chi connectivity index (χ0) is 28.5. The molecule has 1 aliphatic heterocycles. The monoisotopic (exact) mass is 543 g/mol. The van der Waals surface area contributed by atoms with Crippen LogP contribution in [0.1, 0.15) is 54.2 Å². The number of imide groups is 1. The molecule has 3 rings (SSSR count). The topological polar surface area (TPSA) is 156 Å². The molecule has 1 aliphatic rings. The van der Waals surface area contributed by atoms with E-state index in [9.17, 15) is 23.9 Å². The van der Waals surface area contributed by atoms with Crippen LogP contribution in [0.3, 0.4) is 0 Å². The van der Waals surface area contributed by atoms with E-state index >= 15 is 0 Å². The number of amides is 3. The molecule has 11 nitrogen and oxygen atoms in total. The van der Waals surface area contributed by atoms with Gasteiger partial charge in [0, 0.05) is 12.2 Å². The third-order valence-corrected chi connectivity index (χ3v) is 6.32. The minimum Gasteiger partial charge on any atom is -0.496 e. The number of nitrogen functional groups attached to an aromatic ring is 1. The number of aromatic carboxylic acids is 1. The molecule has 1 saturated heterocycles. The number of amidine groups is 1. The first-order valence-corrected chi connectivity index (χ1v) is 12.7. The van der Waals surface area contributed by atoms with E-state index in [1.165, 1.54) is 37.4 Å². The number of urea groups is 1. The largest absolute Gasteiger partial charge is 0.496 e. The van der Waals surface area contributed by atoms with Gasteiger partial charge in [-0.05, 0) is 61.2 Å². The van der Waals surface area contributed by atoms with Crippen molar-refractivity contribution in [1.29, 1.82) is 0 Å². The minimum absolute atomic E-state index is 0.0403. The standard InChI is InChI=1S/C27H34FN5O6/c1-4-6-22(16-7-9-20(26(35)36)21(29)13-16)31-27(37)33-15-24(32-39-5-2)30-14-18(25(33)34)11-17-12-19(28)8-10-23(17)38-3/h7-10,12-13,18,22H,4-6,11,14-15,29H2,1-3H3,(H,30,32)(H,31,37)(H,35,36)/t18-,22?/m1/s1. The molecule has 2 atom stereocenters. The van der Waals surface area contributed by atoms with Gasteiger partial charge in [0.05, 0.1) is 31.2 Å². The van der Waals surface area contributed by atoms with Gasteiger partial charge in [-0.15, -0.1) is 0 Å². The summed E-state index contributed by atoms with van der Waals surface area (Å²) in [4.78, 5) is 44.7. The predicted octanol–water partition coefficient (Wildman–Crippen LogP) is 3.31. The van der Waals surface area contributed by atoms with Gasteiger partial charge in [-0.1, -0.05) is 24.6 Å². The molecule has 12 heteroatoms. The van der Waals surface area contributed by atoms with Gasteiger partial charge in [-0.3, -0.25) is 9.69 Å². The number of hydrogen-bond acceptors (Lipinski definition) is 7. The number of ether oxygens (including phenoxy) is 1. The van der Waals surface area contributed by atoms with E-state index in [2.05, 4.69) is 15.8 Å². The molecule has 5 N–H and O–H groups in total. The van der Waals surface area contributed by atoms with Crippen LogP contribution in [0.5, 0.6) is 5.75 Å². The van der Waals surface area contributed by atoms with E-state index < -0.39 is 35.7 Å². The summed E-state index contributed by atoms with van der Waals surface area (Å²) in [6, 6.07) is 7.35. The molecule has 0 aliphatic carbocycles. The molecule has 2 aromatic rings. The van der Waals surface area contributed by atoms with Crippen LogP contribution in [0, 0.1) is 11.7 Å². The van der Waals surface area contributed by atoms with Crippen molar-refractivity contribution in [2.45, 2.75) is 39.2 Å². The van der Waals surface area contributed by atoms with Crippen molar-refractivity contribution >= 4 is 29.4 Å². The number of nitrogens with two attached hydrogens (primary N) is 1. The SMILES string of the molecule is CCCC(NC(=O)N1C/C(=N/OCC)NC[C@@H](Cc2cc(F)ccc2OC)C1=O)c1ccc(C(=O)O)c(N)c1. The Morgan fingerprint density at radius 3 is 2.69 bits per heavy atom. The van der Waals surface area contributed by atoms with Crippen LogP contribution in [0.2, 0.25) is 0 Å². The van der Waals surface area contributed by atoms with Gasteiger partial charge in [0.2, 0.25) is 5.91 Å². The summed E-state index contributed by atoms with van der Waals surface area (Å²) in [5.74, 6) is -2.13. The number of benzene rings is 2. The molecule has 0 bridgehead atoms. The van der Waals surface area contributed by atoms with Crippen molar-refractivity contribution in [2.75, 3.05) is 32.5 Å². The Hall–Kier alpha value is -4.35. The molecule has 210 valence electrons. The smallest absolute Gasteiger partial charge is 0.337 e. The zero-order valence-electron chi connectivity index (χ0n) is 22.2. The van der Waals surface area contributed by atoms with Crippen LogP contribution in [0.15, 0.2) is 41.6 Å². The van der Waals surface area contributed by atoms with Crippen molar-refractivity contribution in [1.82, 2.24) is 15.5 Å². The first-order chi connectivity index (χ1) is 18.7. The minimum atomic E-state index is -1.15. The summed E-state index contributed by atoms with van der Waals surface area (Å²) in [6.45, 7) is 3.96. The Labute approximate surface area is 226 Å². The molecule has 0 spiro atoms. The Kier molecular flexibility index (Phi) is 10.1. The van der Waals surface area contributed by atoms with Gasteiger partial charge in [0.15, 0.2) is 5.84 Å². The zero-order valence-corrected chi connectivity index (χ0v) is 22.2. The molecule has 2 aromatic carbocycles. The van der Waals surface area contributed by atoms with E-state index in [1.807, 2.05) is 6.92 Å². The van der Waals surface area contributed by atoms with E-state index in [0.29, 0.717) is 36.3 Å². The number of carbonyl (C=O) groups excluding carboxylic acids is 2. The number of nitrogens with one attached hydrogen (secondary N) is 2. The lowest BCUT2D eigenvalue weighted by atomic mass is 9.97. The van der Waals surface area contributed by atoms with Crippen molar-refractivity contribution in [3.63, 3.8) is 0 Å². The highest BCUT2D eigenvalue weighted by molar-refractivity contribution is 6.02. The summed E-state index contributed by atoms with van der Waals surface area (Å²) >= 11 is 0. The van der Waals surface area contributed by atoms with Crippen LogP contribution >= 0.6 is 0 Å². The van der Waals surface area contributed by atoms with E-state index in [0.717, 1.165) is 4.90 Å². The Morgan fingerprint density at radius 2 is 2.05 bits per heavy atom. The second kappa shape index (κ2) is 13.4. The molecular formula is C27H34FN5O6. The first kappa shape index (κ1) is 29.2. The highest BCUT2D eigenvalue weighted by atomic mass is 19.1. The Morgan fingerprint density at radius 1 is 1.28 bits per heavy atom. The molecule has 0 saturated carbocycles. The summed E-state index contributed by atoms with van der Waals surface area (Å²) in [5.41, 5.74) is 7.06. The quantitative estimate of drug-likeness (QED) is 0.263. The summed E-state index contributed by atoms with van der Waals surface area (Å²) < 4.78 is 19.3. The van der Waals surface area contributed by atoms with Gasteiger partial charge in [-0.25, -0.2) is 14.0 Å². The lowest BCUT2D eigenvalue weighted by Gasteiger charge is -2.26. The van der Waals surface area contributed by atoms with Gasteiger partial charge < -0.3 is 31.0 Å². The maximum Gasteiger partial charge on any atom is 0.337 e. The van der Waals surface area contributed by atoms with Gasteiger partial charge in [-0.2, -0.15) is 0 Å². The van der Waals surface area contributed by atoms with E-state index in [4.69, 9.17) is 15.3 Å². The maximum atomic E-state index is 14.0. The van der Waals surface area contributed by atoms with Gasteiger partial charge >= 0.3 is 12.0 Å². The summed E-state index contributed by atoms with van der Waals surface area (Å²) in [6.07, 6.45) is 1.33. The summed E-state index contributed by atoms with van der Waals surface area (Å²) in [7, 11) is 1.46. The average Bonchev–Trinajstić information content (AvgIpc) is 3.05. The number of hydrogen-bond donors (Lipinski definition) is 4. The van der Waals surface area contributed by atoms with Crippen LogP contribution in [-0.4, -0.2) is 60.6 Å². The van der Waals surface area contributed by atoms with Crippen molar-refractivity contribution in [3.05, 3.63) is 58.9 Å². The molecule has 39 heavy (non-hydrogen) atoms. The second-order valence-corrected chi connectivity index (χ2v) is 9.06. The fourth-order valence-electron chi connectivity index (χ4n) is 4.37. The maximum absolute atomic E-state index is 14.0. The number of anilines is 1. The van der Waals surface area contributed by atoms with Crippen molar-refractivity contribution in [3.8, 4) is 5.75 Å². The molecular weight excluding hydrogens is 509 g/mol. The molecule has 1 heterocycles. The number of halogens is 1. The first-order valence-electron chi connectivity index (χ1n) is 12.7. The highest BCUT2D eigenvalue weighted by Crippen LogP contribution is 2.26.